The molecule has 2 aromatic rings. The minimum atomic E-state index is -3.69. The molecule has 2 heterocycles. The summed E-state index contributed by atoms with van der Waals surface area (Å²) >= 11 is 0. The van der Waals surface area contributed by atoms with Gasteiger partial charge >= 0.3 is 0 Å². The molecule has 2 fully saturated rings. The Kier molecular flexibility index (Phi) is 6.74. The summed E-state index contributed by atoms with van der Waals surface area (Å²) in [7, 11) is -3.69. The van der Waals surface area contributed by atoms with Crippen LogP contribution in [0.3, 0.4) is 0 Å². The van der Waals surface area contributed by atoms with Crippen LogP contribution < -0.4 is 0 Å². The number of carbonyl (C=O) groups is 1. The second-order valence-corrected chi connectivity index (χ2v) is 10.4. The van der Waals surface area contributed by atoms with Crippen LogP contribution in [0.1, 0.15) is 30.4 Å². The lowest BCUT2D eigenvalue weighted by molar-refractivity contribution is -0.138. The number of amides is 1. The molecule has 4 rings (SSSR count). The number of benzene rings is 2. The molecule has 0 aromatic heterocycles. The Balaban J connectivity index is 1.42. The number of hydrogen-bond acceptors (Lipinski definition) is 4. The maximum Gasteiger partial charge on any atom is 0.243 e. The first kappa shape index (κ1) is 22.0. The smallest absolute Gasteiger partial charge is 0.243 e. The summed E-state index contributed by atoms with van der Waals surface area (Å²) in [6, 6.07) is 16.6. The molecule has 0 radical (unpaired) electrons. The van der Waals surface area contributed by atoms with E-state index in [1.54, 1.807) is 24.3 Å². The fourth-order valence-corrected chi connectivity index (χ4v) is 6.11. The summed E-state index contributed by atoms with van der Waals surface area (Å²) in [4.78, 5) is 17.8. The van der Waals surface area contributed by atoms with Gasteiger partial charge in [-0.05, 0) is 37.5 Å². The highest BCUT2D eigenvalue weighted by atomic mass is 32.2. The van der Waals surface area contributed by atoms with Gasteiger partial charge < -0.3 is 4.90 Å². The number of rotatable bonds is 5. The normalized spacial score (nSPS) is 21.2. The monoisotopic (exact) mass is 441 g/mol. The Morgan fingerprint density at radius 3 is 2.26 bits per heavy atom. The van der Waals surface area contributed by atoms with Crippen molar-refractivity contribution in [2.45, 2.75) is 43.7 Å². The SMILES string of the molecule is Cc1ccc(S(=O)(=O)N2CCCC[C@@H]2C(=O)N2CCN(Cc3ccccc3)CC2)cc1. The van der Waals surface area contributed by atoms with Crippen LogP contribution in [0.15, 0.2) is 59.5 Å². The van der Waals surface area contributed by atoms with Gasteiger partial charge in [-0.15, -0.1) is 0 Å². The third kappa shape index (κ3) is 5.00. The van der Waals surface area contributed by atoms with Gasteiger partial charge in [0.15, 0.2) is 0 Å². The molecule has 166 valence electrons. The Morgan fingerprint density at radius 1 is 0.903 bits per heavy atom. The summed E-state index contributed by atoms with van der Waals surface area (Å²) < 4.78 is 28.0. The molecule has 6 nitrogen and oxygen atoms in total. The first-order valence-electron chi connectivity index (χ1n) is 11.1. The van der Waals surface area contributed by atoms with Crippen LogP contribution in [0.4, 0.5) is 0 Å². The second kappa shape index (κ2) is 9.51. The van der Waals surface area contributed by atoms with Gasteiger partial charge in [-0.2, -0.15) is 4.31 Å². The number of nitrogens with zero attached hydrogens (tertiary/aromatic N) is 3. The number of piperazine rings is 1. The van der Waals surface area contributed by atoms with Crippen molar-refractivity contribution in [2.24, 2.45) is 0 Å². The van der Waals surface area contributed by atoms with Crippen molar-refractivity contribution in [3.63, 3.8) is 0 Å². The summed E-state index contributed by atoms with van der Waals surface area (Å²) in [5, 5.41) is 0. The zero-order valence-corrected chi connectivity index (χ0v) is 18.9. The largest absolute Gasteiger partial charge is 0.339 e. The van der Waals surface area contributed by atoms with Crippen LogP contribution in [-0.2, 0) is 21.4 Å². The van der Waals surface area contributed by atoms with Gasteiger partial charge in [0.1, 0.15) is 6.04 Å². The predicted octanol–water partition coefficient (Wildman–Crippen LogP) is 2.88. The number of piperidine rings is 1. The van der Waals surface area contributed by atoms with Crippen molar-refractivity contribution < 1.29 is 13.2 Å². The van der Waals surface area contributed by atoms with Crippen LogP contribution in [0.5, 0.6) is 0 Å². The quantitative estimate of drug-likeness (QED) is 0.716. The van der Waals surface area contributed by atoms with Crippen LogP contribution >= 0.6 is 0 Å². The van der Waals surface area contributed by atoms with Crippen LogP contribution in [0.2, 0.25) is 0 Å². The molecule has 2 saturated heterocycles. The summed E-state index contributed by atoms with van der Waals surface area (Å²) in [5.41, 5.74) is 2.28. The molecular weight excluding hydrogens is 410 g/mol. The van der Waals surface area contributed by atoms with Gasteiger partial charge in [0.2, 0.25) is 15.9 Å². The Morgan fingerprint density at radius 2 is 1.58 bits per heavy atom. The van der Waals surface area contributed by atoms with Gasteiger partial charge in [0, 0.05) is 39.3 Å². The third-order valence-corrected chi connectivity index (χ3v) is 8.22. The zero-order valence-electron chi connectivity index (χ0n) is 18.1. The van der Waals surface area contributed by atoms with Crippen molar-refractivity contribution in [2.75, 3.05) is 32.7 Å². The number of carbonyl (C=O) groups excluding carboxylic acids is 1. The Hall–Kier alpha value is -2.22. The van der Waals surface area contributed by atoms with Crippen molar-refractivity contribution in [3.8, 4) is 0 Å². The standard InChI is InChI=1S/C24H31N3O3S/c1-20-10-12-22(13-11-20)31(29,30)27-14-6-5-9-23(27)24(28)26-17-15-25(16-18-26)19-21-7-3-2-4-8-21/h2-4,7-8,10-13,23H,5-6,9,14-19H2,1H3/t23-/m1/s1. The van der Waals surface area contributed by atoms with Crippen LogP contribution in [0, 0.1) is 6.92 Å². The highest BCUT2D eigenvalue weighted by molar-refractivity contribution is 7.89. The van der Waals surface area contributed by atoms with E-state index in [-0.39, 0.29) is 10.8 Å². The molecule has 1 amide bonds. The number of hydrogen-bond donors (Lipinski definition) is 0. The van der Waals surface area contributed by atoms with E-state index < -0.39 is 16.1 Å². The lowest BCUT2D eigenvalue weighted by Gasteiger charge is -2.40. The van der Waals surface area contributed by atoms with Gasteiger partial charge in [0.05, 0.1) is 4.90 Å². The van der Waals surface area contributed by atoms with Crippen molar-refractivity contribution in [1.82, 2.24) is 14.1 Å². The summed E-state index contributed by atoms with van der Waals surface area (Å²) in [6.45, 7) is 6.10. The average Bonchev–Trinajstić information content (AvgIpc) is 2.80. The minimum absolute atomic E-state index is 0.0465. The highest BCUT2D eigenvalue weighted by Crippen LogP contribution is 2.27. The fraction of sp³-hybridized carbons (Fsp3) is 0.458. The molecule has 7 heteroatoms. The first-order chi connectivity index (χ1) is 14.9. The van der Waals surface area contributed by atoms with E-state index >= 15 is 0 Å². The summed E-state index contributed by atoms with van der Waals surface area (Å²) in [5.74, 6) is -0.0465. The van der Waals surface area contributed by atoms with Crippen LogP contribution in [-0.4, -0.2) is 67.2 Å². The second-order valence-electron chi connectivity index (χ2n) is 8.53. The van der Waals surface area contributed by atoms with E-state index in [4.69, 9.17) is 0 Å². The predicted molar refractivity (Wildman–Crippen MR) is 121 cm³/mol. The zero-order chi connectivity index (χ0) is 21.8. The molecule has 2 aromatic carbocycles. The van der Waals surface area contributed by atoms with Crippen molar-refractivity contribution in [3.05, 3.63) is 65.7 Å². The van der Waals surface area contributed by atoms with Gasteiger partial charge in [-0.1, -0.05) is 54.4 Å². The molecule has 1 atom stereocenters. The summed E-state index contributed by atoms with van der Waals surface area (Å²) in [6.07, 6.45) is 2.26. The van der Waals surface area contributed by atoms with E-state index in [1.165, 1.54) is 9.87 Å². The molecule has 0 aliphatic carbocycles. The van der Waals surface area contributed by atoms with Crippen molar-refractivity contribution in [1.29, 1.82) is 0 Å². The molecule has 0 saturated carbocycles. The van der Waals surface area contributed by atoms with Gasteiger partial charge in [0.25, 0.3) is 0 Å². The van der Waals surface area contributed by atoms with Crippen molar-refractivity contribution >= 4 is 15.9 Å². The Labute approximate surface area is 185 Å². The lowest BCUT2D eigenvalue weighted by Crippen LogP contribution is -2.56. The van der Waals surface area contributed by atoms with E-state index in [2.05, 4.69) is 17.0 Å². The molecule has 31 heavy (non-hydrogen) atoms. The van der Waals surface area contributed by atoms with E-state index in [0.717, 1.165) is 38.0 Å². The van der Waals surface area contributed by atoms with Gasteiger partial charge in [-0.3, -0.25) is 9.69 Å². The van der Waals surface area contributed by atoms with Crippen LogP contribution in [0.25, 0.3) is 0 Å². The lowest BCUT2D eigenvalue weighted by atomic mass is 10.0. The molecule has 0 bridgehead atoms. The van der Waals surface area contributed by atoms with E-state index in [0.29, 0.717) is 26.1 Å². The number of sulfonamides is 1. The number of aryl methyl sites for hydroxylation is 1. The van der Waals surface area contributed by atoms with E-state index in [1.807, 2.05) is 30.0 Å². The molecule has 2 aliphatic rings. The molecule has 0 spiro atoms. The minimum Gasteiger partial charge on any atom is -0.339 e. The highest BCUT2D eigenvalue weighted by Gasteiger charge is 2.40. The fourth-order valence-electron chi connectivity index (χ4n) is 4.46. The Bertz CT molecular complexity index is 984. The third-order valence-electron chi connectivity index (χ3n) is 6.30. The van der Waals surface area contributed by atoms with Gasteiger partial charge in [-0.25, -0.2) is 8.42 Å². The molecule has 2 aliphatic heterocycles. The average molecular weight is 442 g/mol. The molecule has 0 unspecified atom stereocenters. The first-order valence-corrected chi connectivity index (χ1v) is 12.5. The van der Waals surface area contributed by atoms with E-state index in [9.17, 15) is 13.2 Å². The maximum atomic E-state index is 13.4. The molecule has 0 N–H and O–H groups in total. The maximum absolute atomic E-state index is 13.4. The topological polar surface area (TPSA) is 60.9 Å². The molecular formula is C24H31N3O3S.